The maximum Gasteiger partial charge on any atom is 0.264 e. The number of likely N-dealkylation sites (N-methyl/N-ethyl adjacent to an activating group) is 1. The highest BCUT2D eigenvalue weighted by atomic mass is 35.5. The topological polar surface area (TPSA) is 73.0 Å². The normalized spacial score (nSPS) is 15.5. The average Bonchev–Trinajstić information content (AvgIpc) is 2.77. The molecule has 0 unspecified atom stereocenters. The van der Waals surface area contributed by atoms with Crippen LogP contribution in [0, 0.1) is 6.92 Å². The van der Waals surface area contributed by atoms with E-state index in [4.69, 9.17) is 11.6 Å². The Kier molecular flexibility index (Phi) is 8.53. The number of benzene rings is 2. The Hall–Kier alpha value is -2.13. The highest BCUT2D eigenvalue weighted by molar-refractivity contribution is 7.92. The van der Waals surface area contributed by atoms with E-state index in [1.165, 1.54) is 12.1 Å². The summed E-state index contributed by atoms with van der Waals surface area (Å²) in [5, 5.41) is 3.39. The van der Waals surface area contributed by atoms with Crippen molar-refractivity contribution in [2.45, 2.75) is 18.2 Å². The second kappa shape index (κ2) is 11.1. The van der Waals surface area contributed by atoms with E-state index in [9.17, 15) is 13.2 Å². The Bertz CT molecular complexity index is 1010. The van der Waals surface area contributed by atoms with E-state index in [1.54, 1.807) is 43.3 Å². The molecule has 174 valence electrons. The molecule has 0 atom stereocenters. The fraction of sp³-hybridized carbons (Fsp3) is 0.435. The Labute approximate surface area is 196 Å². The largest absolute Gasteiger partial charge is 0.354 e. The molecule has 1 heterocycles. The monoisotopic (exact) mass is 478 g/mol. The summed E-state index contributed by atoms with van der Waals surface area (Å²) < 4.78 is 27.9. The number of sulfonamides is 1. The molecule has 7 nitrogen and oxygen atoms in total. The predicted octanol–water partition coefficient (Wildman–Crippen LogP) is 2.60. The smallest absolute Gasteiger partial charge is 0.264 e. The van der Waals surface area contributed by atoms with Crippen LogP contribution in [-0.4, -0.2) is 77.0 Å². The van der Waals surface area contributed by atoms with Gasteiger partial charge < -0.3 is 15.1 Å². The van der Waals surface area contributed by atoms with Gasteiger partial charge in [-0.15, -0.1) is 0 Å². The number of halogens is 1. The van der Waals surface area contributed by atoms with Gasteiger partial charge >= 0.3 is 0 Å². The van der Waals surface area contributed by atoms with Crippen molar-refractivity contribution in [2.24, 2.45) is 0 Å². The molecule has 9 heteroatoms. The number of carbonyl (C=O) groups excluding carboxylic acids is 1. The van der Waals surface area contributed by atoms with Crippen LogP contribution in [0.3, 0.4) is 0 Å². The zero-order valence-corrected chi connectivity index (χ0v) is 20.2. The number of nitrogens with one attached hydrogen (secondary N) is 1. The minimum atomic E-state index is -3.92. The van der Waals surface area contributed by atoms with Gasteiger partial charge in [0.25, 0.3) is 10.0 Å². The van der Waals surface area contributed by atoms with Crippen molar-refractivity contribution in [3.05, 3.63) is 59.1 Å². The van der Waals surface area contributed by atoms with Crippen LogP contribution in [-0.2, 0) is 14.8 Å². The Morgan fingerprint density at radius 2 is 1.78 bits per heavy atom. The summed E-state index contributed by atoms with van der Waals surface area (Å²) in [6.07, 6.45) is 0.820. The van der Waals surface area contributed by atoms with Crippen LogP contribution in [0.2, 0.25) is 5.02 Å². The van der Waals surface area contributed by atoms with Crippen LogP contribution in [0.4, 0.5) is 5.69 Å². The van der Waals surface area contributed by atoms with Crippen LogP contribution in [0.5, 0.6) is 0 Å². The first-order valence-corrected chi connectivity index (χ1v) is 12.6. The highest BCUT2D eigenvalue weighted by Crippen LogP contribution is 2.28. The fourth-order valence-corrected chi connectivity index (χ4v) is 5.44. The van der Waals surface area contributed by atoms with Gasteiger partial charge in [0.1, 0.15) is 6.54 Å². The predicted molar refractivity (Wildman–Crippen MR) is 129 cm³/mol. The number of nitrogens with zero attached hydrogens (tertiary/aromatic N) is 3. The van der Waals surface area contributed by atoms with Gasteiger partial charge in [-0.05, 0) is 62.8 Å². The molecule has 0 radical (unpaired) electrons. The summed E-state index contributed by atoms with van der Waals surface area (Å²) >= 11 is 6.06. The standard InChI is InChI=1S/C23H31ClN4O3S/c1-19-17-20(24)9-10-22(19)28(32(30,31)21-7-4-3-5-8-21)18-23(29)25-11-6-12-27-15-13-26(2)14-16-27/h3-5,7-10,17H,6,11-16,18H2,1-2H3,(H,25,29). The number of aryl methyl sites for hydroxylation is 1. The molecule has 1 N–H and O–H groups in total. The fourth-order valence-electron chi connectivity index (χ4n) is 3.71. The van der Waals surface area contributed by atoms with Crippen molar-refractivity contribution < 1.29 is 13.2 Å². The van der Waals surface area contributed by atoms with Crippen LogP contribution < -0.4 is 9.62 Å². The van der Waals surface area contributed by atoms with Crippen molar-refractivity contribution in [1.82, 2.24) is 15.1 Å². The summed E-state index contributed by atoms with van der Waals surface area (Å²) in [5.41, 5.74) is 1.12. The molecule has 1 aliphatic heterocycles. The lowest BCUT2D eigenvalue weighted by Gasteiger charge is -2.32. The van der Waals surface area contributed by atoms with Crippen LogP contribution in [0.15, 0.2) is 53.4 Å². The molecule has 0 aromatic heterocycles. The van der Waals surface area contributed by atoms with Crippen LogP contribution in [0.1, 0.15) is 12.0 Å². The number of piperazine rings is 1. The molecule has 0 aliphatic carbocycles. The molecular weight excluding hydrogens is 448 g/mol. The van der Waals surface area contributed by atoms with Crippen LogP contribution >= 0.6 is 11.6 Å². The molecule has 2 aromatic rings. The lowest BCUT2D eigenvalue weighted by molar-refractivity contribution is -0.119. The number of anilines is 1. The van der Waals surface area contributed by atoms with Gasteiger partial charge in [-0.1, -0.05) is 29.8 Å². The summed E-state index contributed by atoms with van der Waals surface area (Å²) in [4.78, 5) is 17.5. The highest BCUT2D eigenvalue weighted by Gasteiger charge is 2.28. The molecule has 0 bridgehead atoms. The first-order valence-electron chi connectivity index (χ1n) is 10.8. The van der Waals surface area contributed by atoms with Gasteiger partial charge in [-0.3, -0.25) is 9.10 Å². The van der Waals surface area contributed by atoms with Crippen molar-refractivity contribution in [3.63, 3.8) is 0 Å². The Morgan fingerprint density at radius 3 is 2.44 bits per heavy atom. The molecule has 3 rings (SSSR count). The summed E-state index contributed by atoms with van der Waals surface area (Å²) in [7, 11) is -1.80. The summed E-state index contributed by atoms with van der Waals surface area (Å²) in [5.74, 6) is -0.336. The molecular formula is C23H31ClN4O3S. The number of carbonyl (C=O) groups is 1. The summed E-state index contributed by atoms with van der Waals surface area (Å²) in [6, 6.07) is 13.1. The molecule has 32 heavy (non-hydrogen) atoms. The lowest BCUT2D eigenvalue weighted by atomic mass is 10.2. The van der Waals surface area contributed by atoms with E-state index >= 15 is 0 Å². The Balaban J connectivity index is 1.67. The van der Waals surface area contributed by atoms with E-state index < -0.39 is 10.0 Å². The van der Waals surface area contributed by atoms with E-state index in [1.807, 2.05) is 0 Å². The third-order valence-electron chi connectivity index (χ3n) is 5.62. The molecule has 1 saturated heterocycles. The maximum atomic E-state index is 13.4. The SMILES string of the molecule is Cc1cc(Cl)ccc1N(CC(=O)NCCCN1CCN(C)CC1)S(=O)(=O)c1ccccc1. The number of hydrogen-bond donors (Lipinski definition) is 1. The van der Waals surface area contributed by atoms with Gasteiger partial charge in [0.15, 0.2) is 0 Å². The molecule has 2 aromatic carbocycles. The van der Waals surface area contributed by atoms with Gasteiger partial charge in [0, 0.05) is 37.7 Å². The average molecular weight is 479 g/mol. The number of rotatable bonds is 9. The van der Waals surface area contributed by atoms with E-state index in [0.717, 1.165) is 43.4 Å². The Morgan fingerprint density at radius 1 is 1.09 bits per heavy atom. The first kappa shape index (κ1) is 24.5. The van der Waals surface area contributed by atoms with Gasteiger partial charge in [-0.25, -0.2) is 8.42 Å². The maximum absolute atomic E-state index is 13.4. The zero-order chi connectivity index (χ0) is 23.1. The third kappa shape index (κ3) is 6.45. The molecule has 1 aliphatic rings. The third-order valence-corrected chi connectivity index (χ3v) is 7.62. The van der Waals surface area contributed by atoms with Crippen molar-refractivity contribution >= 4 is 33.2 Å². The van der Waals surface area contributed by atoms with Crippen molar-refractivity contribution in [2.75, 3.05) is 57.2 Å². The quantitative estimate of drug-likeness (QED) is 0.561. The number of amides is 1. The van der Waals surface area contributed by atoms with Crippen molar-refractivity contribution in [1.29, 1.82) is 0 Å². The van der Waals surface area contributed by atoms with E-state index in [0.29, 0.717) is 22.8 Å². The lowest BCUT2D eigenvalue weighted by Crippen LogP contribution is -2.45. The van der Waals surface area contributed by atoms with Gasteiger partial charge in [0.2, 0.25) is 5.91 Å². The van der Waals surface area contributed by atoms with Crippen molar-refractivity contribution in [3.8, 4) is 0 Å². The molecule has 0 spiro atoms. The first-order chi connectivity index (χ1) is 15.3. The van der Waals surface area contributed by atoms with Crippen LogP contribution in [0.25, 0.3) is 0 Å². The molecule has 1 amide bonds. The second-order valence-electron chi connectivity index (χ2n) is 8.10. The minimum Gasteiger partial charge on any atom is -0.354 e. The molecule has 1 fully saturated rings. The van der Waals surface area contributed by atoms with E-state index in [2.05, 4.69) is 22.2 Å². The molecule has 0 saturated carbocycles. The second-order valence-corrected chi connectivity index (χ2v) is 10.4. The van der Waals surface area contributed by atoms with Gasteiger partial charge in [-0.2, -0.15) is 0 Å². The zero-order valence-electron chi connectivity index (χ0n) is 18.6. The summed E-state index contributed by atoms with van der Waals surface area (Å²) in [6.45, 7) is 7.07. The number of hydrogen-bond acceptors (Lipinski definition) is 5. The van der Waals surface area contributed by atoms with E-state index in [-0.39, 0.29) is 17.3 Å². The minimum absolute atomic E-state index is 0.136. The van der Waals surface area contributed by atoms with Gasteiger partial charge in [0.05, 0.1) is 10.6 Å².